The standard InChI is InChI=1S/C24H30FN5/c1-16-9-22(17(2)8-21(16)25)30-14-19(12-27-30)18-10-20(13-26-11-18)28-23-6-7-29(5)15-24(23,3)4/h8-14,23,28H,6-7,15H2,1-5H3. The first kappa shape index (κ1) is 20.5. The fourth-order valence-corrected chi connectivity index (χ4v) is 4.39. The number of benzene rings is 1. The lowest BCUT2D eigenvalue weighted by Gasteiger charge is -2.43. The van der Waals surface area contributed by atoms with Crippen LogP contribution in [0.25, 0.3) is 16.8 Å². The highest BCUT2D eigenvalue weighted by atomic mass is 19.1. The van der Waals surface area contributed by atoms with E-state index >= 15 is 0 Å². The first-order valence-corrected chi connectivity index (χ1v) is 10.5. The molecule has 0 aliphatic carbocycles. The highest BCUT2D eigenvalue weighted by Gasteiger charge is 2.34. The van der Waals surface area contributed by atoms with E-state index < -0.39 is 0 Å². The molecule has 30 heavy (non-hydrogen) atoms. The third kappa shape index (κ3) is 4.10. The minimum atomic E-state index is -0.191. The van der Waals surface area contributed by atoms with Gasteiger partial charge in [-0.2, -0.15) is 5.10 Å². The molecule has 3 aromatic rings. The van der Waals surface area contributed by atoms with Crippen molar-refractivity contribution in [1.82, 2.24) is 19.7 Å². The topological polar surface area (TPSA) is 46.0 Å². The molecule has 2 aromatic heterocycles. The minimum absolute atomic E-state index is 0.186. The van der Waals surface area contributed by atoms with Gasteiger partial charge in [-0.05, 0) is 68.6 Å². The van der Waals surface area contributed by atoms with Crippen LogP contribution in [-0.4, -0.2) is 45.8 Å². The average Bonchev–Trinajstić information content (AvgIpc) is 3.17. The molecule has 6 heteroatoms. The van der Waals surface area contributed by atoms with Crippen molar-refractivity contribution in [3.8, 4) is 16.8 Å². The van der Waals surface area contributed by atoms with Gasteiger partial charge in [0.15, 0.2) is 0 Å². The second-order valence-corrected chi connectivity index (χ2v) is 9.24. The summed E-state index contributed by atoms with van der Waals surface area (Å²) in [6.07, 6.45) is 8.65. The van der Waals surface area contributed by atoms with E-state index in [1.165, 1.54) is 0 Å². The monoisotopic (exact) mass is 407 g/mol. The van der Waals surface area contributed by atoms with Crippen molar-refractivity contribution in [3.63, 3.8) is 0 Å². The van der Waals surface area contributed by atoms with Crippen molar-refractivity contribution < 1.29 is 4.39 Å². The molecule has 0 spiro atoms. The molecule has 1 aliphatic rings. The van der Waals surface area contributed by atoms with Crippen LogP contribution < -0.4 is 5.32 Å². The van der Waals surface area contributed by atoms with Crippen LogP contribution in [0.1, 0.15) is 31.4 Å². The predicted octanol–water partition coefficient (Wildman–Crippen LogP) is 4.83. The SMILES string of the molecule is Cc1cc(-n2cc(-c3cncc(NC4CCN(C)CC4(C)C)c3)cn2)c(C)cc1F. The van der Waals surface area contributed by atoms with Gasteiger partial charge in [0.05, 0.1) is 17.6 Å². The summed E-state index contributed by atoms with van der Waals surface area (Å²) in [5.74, 6) is -0.191. The van der Waals surface area contributed by atoms with Gasteiger partial charge >= 0.3 is 0 Å². The molecule has 0 bridgehead atoms. The molecule has 5 nitrogen and oxygen atoms in total. The van der Waals surface area contributed by atoms with Gasteiger partial charge in [-0.1, -0.05) is 13.8 Å². The molecule has 1 fully saturated rings. The van der Waals surface area contributed by atoms with Crippen molar-refractivity contribution in [1.29, 1.82) is 0 Å². The van der Waals surface area contributed by atoms with Gasteiger partial charge in [-0.25, -0.2) is 9.07 Å². The number of piperidine rings is 1. The third-order valence-electron chi connectivity index (χ3n) is 6.14. The van der Waals surface area contributed by atoms with Crippen LogP contribution in [0.15, 0.2) is 43.0 Å². The zero-order chi connectivity index (χ0) is 21.5. The maximum absolute atomic E-state index is 13.8. The number of aryl methyl sites for hydroxylation is 2. The normalized spacial score (nSPS) is 19.1. The molecule has 0 radical (unpaired) electrons. The third-order valence-corrected chi connectivity index (χ3v) is 6.14. The van der Waals surface area contributed by atoms with Crippen molar-refractivity contribution in [2.75, 3.05) is 25.5 Å². The molecule has 0 amide bonds. The summed E-state index contributed by atoms with van der Waals surface area (Å²) in [7, 11) is 2.18. The number of aromatic nitrogens is 3. The molecule has 1 aliphatic heterocycles. The number of pyridine rings is 1. The maximum atomic E-state index is 13.8. The molecule has 4 rings (SSSR count). The Labute approximate surface area is 177 Å². The van der Waals surface area contributed by atoms with E-state index in [-0.39, 0.29) is 11.2 Å². The molecule has 0 saturated carbocycles. The van der Waals surface area contributed by atoms with E-state index in [2.05, 4.69) is 47.3 Å². The van der Waals surface area contributed by atoms with Crippen molar-refractivity contribution in [2.45, 2.75) is 40.2 Å². The Morgan fingerprint density at radius 3 is 2.63 bits per heavy atom. The summed E-state index contributed by atoms with van der Waals surface area (Å²) in [5, 5.41) is 8.22. The number of anilines is 1. The van der Waals surface area contributed by atoms with Gasteiger partial charge in [0.25, 0.3) is 0 Å². The van der Waals surface area contributed by atoms with Crippen molar-refractivity contribution in [3.05, 3.63) is 59.9 Å². The number of halogens is 1. The van der Waals surface area contributed by atoms with E-state index in [9.17, 15) is 4.39 Å². The Morgan fingerprint density at radius 1 is 1.07 bits per heavy atom. The molecule has 1 atom stereocenters. The molecule has 3 heterocycles. The van der Waals surface area contributed by atoms with Gasteiger partial charge in [0.2, 0.25) is 0 Å². The minimum Gasteiger partial charge on any atom is -0.380 e. The van der Waals surface area contributed by atoms with E-state index in [1.807, 2.05) is 37.8 Å². The Hall–Kier alpha value is -2.73. The van der Waals surface area contributed by atoms with Crippen LogP contribution in [0.4, 0.5) is 10.1 Å². The highest BCUT2D eigenvalue weighted by molar-refractivity contribution is 5.66. The lowest BCUT2D eigenvalue weighted by molar-refractivity contribution is 0.126. The predicted molar refractivity (Wildman–Crippen MR) is 120 cm³/mol. The van der Waals surface area contributed by atoms with Crippen LogP contribution >= 0.6 is 0 Å². The lowest BCUT2D eigenvalue weighted by Crippen LogP contribution is -2.50. The van der Waals surface area contributed by atoms with Crippen molar-refractivity contribution in [2.24, 2.45) is 5.41 Å². The number of hydrogen-bond donors (Lipinski definition) is 1. The summed E-state index contributed by atoms with van der Waals surface area (Å²) >= 11 is 0. The molecule has 1 unspecified atom stereocenters. The highest BCUT2D eigenvalue weighted by Crippen LogP contribution is 2.32. The van der Waals surface area contributed by atoms with Crippen molar-refractivity contribution >= 4 is 5.69 Å². The zero-order valence-electron chi connectivity index (χ0n) is 18.4. The Kier molecular flexibility index (Phi) is 5.36. The average molecular weight is 408 g/mol. The van der Waals surface area contributed by atoms with E-state index in [1.54, 1.807) is 17.7 Å². The van der Waals surface area contributed by atoms with Gasteiger partial charge in [-0.15, -0.1) is 0 Å². The molecule has 1 N–H and O–H groups in total. The van der Waals surface area contributed by atoms with E-state index in [0.717, 1.165) is 47.6 Å². The van der Waals surface area contributed by atoms with Crippen LogP contribution in [0.3, 0.4) is 0 Å². The lowest BCUT2D eigenvalue weighted by atomic mass is 9.79. The zero-order valence-corrected chi connectivity index (χ0v) is 18.4. The maximum Gasteiger partial charge on any atom is 0.126 e. The van der Waals surface area contributed by atoms with Crippen LogP contribution in [0, 0.1) is 25.1 Å². The van der Waals surface area contributed by atoms with Gasteiger partial charge in [0.1, 0.15) is 5.82 Å². The van der Waals surface area contributed by atoms with Crippen LogP contribution in [-0.2, 0) is 0 Å². The van der Waals surface area contributed by atoms with E-state index in [4.69, 9.17) is 0 Å². The smallest absolute Gasteiger partial charge is 0.126 e. The fraction of sp³-hybridized carbons (Fsp3) is 0.417. The Balaban J connectivity index is 1.57. The number of likely N-dealkylation sites (tertiary alicyclic amines) is 1. The number of rotatable bonds is 4. The molecule has 1 saturated heterocycles. The quantitative estimate of drug-likeness (QED) is 0.673. The van der Waals surface area contributed by atoms with Crippen LogP contribution in [0.5, 0.6) is 0 Å². The second-order valence-electron chi connectivity index (χ2n) is 9.24. The molecule has 158 valence electrons. The largest absolute Gasteiger partial charge is 0.380 e. The number of nitrogens with zero attached hydrogens (tertiary/aromatic N) is 4. The summed E-state index contributed by atoms with van der Waals surface area (Å²) in [5.41, 5.74) is 5.55. The Bertz CT molecular complexity index is 1060. The van der Waals surface area contributed by atoms with Crippen LogP contribution in [0.2, 0.25) is 0 Å². The summed E-state index contributed by atoms with van der Waals surface area (Å²) < 4.78 is 15.6. The first-order chi connectivity index (χ1) is 14.2. The van der Waals surface area contributed by atoms with E-state index in [0.29, 0.717) is 11.6 Å². The molecule has 1 aromatic carbocycles. The molecular weight excluding hydrogens is 377 g/mol. The van der Waals surface area contributed by atoms with Gasteiger partial charge in [0, 0.05) is 42.3 Å². The number of hydrogen-bond acceptors (Lipinski definition) is 4. The molecular formula is C24H30FN5. The van der Waals surface area contributed by atoms with Gasteiger partial charge < -0.3 is 10.2 Å². The summed E-state index contributed by atoms with van der Waals surface area (Å²) in [6, 6.07) is 5.92. The number of nitrogens with one attached hydrogen (secondary N) is 1. The first-order valence-electron chi connectivity index (χ1n) is 10.5. The fourth-order valence-electron chi connectivity index (χ4n) is 4.39. The summed E-state index contributed by atoms with van der Waals surface area (Å²) in [6.45, 7) is 10.5. The Morgan fingerprint density at radius 2 is 1.87 bits per heavy atom. The van der Waals surface area contributed by atoms with Gasteiger partial charge in [-0.3, -0.25) is 4.98 Å². The summed E-state index contributed by atoms with van der Waals surface area (Å²) in [4.78, 5) is 6.84. The second kappa shape index (κ2) is 7.84.